The predicted octanol–water partition coefficient (Wildman–Crippen LogP) is 5.78. The Morgan fingerprint density at radius 2 is 1.24 bits per heavy atom. The van der Waals surface area contributed by atoms with E-state index in [4.69, 9.17) is 15.2 Å². The average molecular weight is 608 g/mol. The molecule has 2 N–H and O–H groups in total. The zero-order chi connectivity index (χ0) is 32.0. The Morgan fingerprint density at radius 3 is 1.80 bits per heavy atom. The van der Waals surface area contributed by atoms with Crippen LogP contribution in [0.4, 0.5) is 4.79 Å². The number of ether oxygens (including phenoxy) is 2. The lowest BCUT2D eigenvalue weighted by molar-refractivity contribution is -0.142. The molecule has 0 spiro atoms. The third-order valence-corrected chi connectivity index (χ3v) is 7.72. The lowest BCUT2D eigenvalue weighted by Crippen LogP contribution is -2.55. The molecule has 4 rings (SSSR count). The van der Waals surface area contributed by atoms with Gasteiger partial charge in [0.25, 0.3) is 0 Å². The van der Waals surface area contributed by atoms with Gasteiger partial charge >= 0.3 is 6.09 Å². The van der Waals surface area contributed by atoms with Crippen LogP contribution < -0.4 is 10.5 Å². The van der Waals surface area contributed by atoms with Crippen molar-refractivity contribution in [3.8, 4) is 5.75 Å². The molecule has 0 fully saturated rings. The largest absolute Gasteiger partial charge is 0.489 e. The maximum atomic E-state index is 14.2. The zero-order valence-electron chi connectivity index (χ0n) is 25.9. The standard InChI is InChI=1S/C37H41N3O5/c1-28(35(38)41)40(24-12-19-29-13-6-3-7-14-29)36(42)34(39(2)37(43)45-27-32-17-10-5-11-18-32)25-30-20-22-33(23-21-30)44-26-31-15-8-4-9-16-31/h3-11,13-18,20-23,28,34H,12,19,24-27H2,1-2H3,(H2,38,41)/t28-,34+/m1/s1. The van der Waals surface area contributed by atoms with Gasteiger partial charge in [-0.05, 0) is 54.2 Å². The number of hydrogen-bond donors (Lipinski definition) is 1. The van der Waals surface area contributed by atoms with Crippen molar-refractivity contribution >= 4 is 17.9 Å². The Labute approximate surface area is 265 Å². The molecule has 3 amide bonds. The monoisotopic (exact) mass is 607 g/mol. The van der Waals surface area contributed by atoms with Gasteiger partial charge < -0.3 is 20.1 Å². The molecule has 0 saturated carbocycles. The summed E-state index contributed by atoms with van der Waals surface area (Å²) in [4.78, 5) is 42.6. The van der Waals surface area contributed by atoms with Crippen LogP contribution in [0.3, 0.4) is 0 Å². The highest BCUT2D eigenvalue weighted by molar-refractivity contribution is 5.90. The fourth-order valence-electron chi connectivity index (χ4n) is 4.96. The van der Waals surface area contributed by atoms with E-state index in [2.05, 4.69) is 0 Å². The minimum atomic E-state index is -0.942. The van der Waals surface area contributed by atoms with E-state index in [1.54, 1.807) is 14.0 Å². The number of carbonyl (C=O) groups is 3. The molecular formula is C37H41N3O5. The summed E-state index contributed by atoms with van der Waals surface area (Å²) in [6, 6.07) is 34.8. The van der Waals surface area contributed by atoms with Crippen LogP contribution in [0.1, 0.15) is 35.6 Å². The molecular weight excluding hydrogens is 566 g/mol. The van der Waals surface area contributed by atoms with Crippen molar-refractivity contribution in [3.05, 3.63) is 138 Å². The Hall–Kier alpha value is -5.11. The van der Waals surface area contributed by atoms with E-state index in [-0.39, 0.29) is 18.9 Å². The van der Waals surface area contributed by atoms with E-state index in [1.165, 1.54) is 9.80 Å². The number of rotatable bonds is 15. The highest BCUT2D eigenvalue weighted by Gasteiger charge is 2.35. The second-order valence-corrected chi connectivity index (χ2v) is 11.0. The number of nitrogens with zero attached hydrogens (tertiary/aromatic N) is 2. The van der Waals surface area contributed by atoms with Gasteiger partial charge in [0.05, 0.1) is 0 Å². The first-order chi connectivity index (χ1) is 21.8. The first-order valence-electron chi connectivity index (χ1n) is 15.1. The summed E-state index contributed by atoms with van der Waals surface area (Å²) in [5.41, 5.74) is 9.53. The Kier molecular flexibility index (Phi) is 12.1. The number of amides is 3. The van der Waals surface area contributed by atoms with E-state index in [9.17, 15) is 14.4 Å². The van der Waals surface area contributed by atoms with Crippen molar-refractivity contribution in [2.75, 3.05) is 13.6 Å². The molecule has 0 aliphatic heterocycles. The van der Waals surface area contributed by atoms with Crippen LogP contribution in [0.15, 0.2) is 115 Å². The van der Waals surface area contributed by atoms with Crippen molar-refractivity contribution < 1.29 is 23.9 Å². The fraction of sp³-hybridized carbons (Fsp3) is 0.270. The molecule has 0 aliphatic carbocycles. The third-order valence-electron chi connectivity index (χ3n) is 7.72. The summed E-state index contributed by atoms with van der Waals surface area (Å²) in [6.45, 7) is 2.41. The Balaban J connectivity index is 1.51. The van der Waals surface area contributed by atoms with E-state index < -0.39 is 24.1 Å². The maximum absolute atomic E-state index is 14.2. The first-order valence-corrected chi connectivity index (χ1v) is 15.1. The summed E-state index contributed by atoms with van der Waals surface area (Å²) in [5, 5.41) is 0. The van der Waals surface area contributed by atoms with Crippen LogP contribution in [0.5, 0.6) is 5.75 Å². The number of aryl methyl sites for hydroxylation is 1. The molecule has 0 radical (unpaired) electrons. The smallest absolute Gasteiger partial charge is 0.410 e. The maximum Gasteiger partial charge on any atom is 0.410 e. The summed E-state index contributed by atoms with van der Waals surface area (Å²) in [7, 11) is 1.55. The van der Waals surface area contributed by atoms with Gasteiger partial charge in [-0.1, -0.05) is 103 Å². The Bertz CT molecular complexity index is 1500. The van der Waals surface area contributed by atoms with Gasteiger partial charge in [-0.25, -0.2) is 4.79 Å². The minimum absolute atomic E-state index is 0.0663. The van der Waals surface area contributed by atoms with E-state index in [0.717, 1.165) is 28.7 Å². The summed E-state index contributed by atoms with van der Waals surface area (Å²) >= 11 is 0. The summed E-state index contributed by atoms with van der Waals surface area (Å²) < 4.78 is 11.5. The van der Waals surface area contributed by atoms with Crippen molar-refractivity contribution in [2.24, 2.45) is 5.73 Å². The van der Waals surface area contributed by atoms with Crippen LogP contribution in [-0.2, 0) is 40.4 Å². The third kappa shape index (κ3) is 9.96. The SMILES string of the molecule is C[C@H](C(N)=O)N(CCCc1ccccc1)C(=O)[C@H](Cc1ccc(OCc2ccccc2)cc1)N(C)C(=O)OCc1ccccc1. The number of hydrogen-bond acceptors (Lipinski definition) is 5. The quantitative estimate of drug-likeness (QED) is 0.185. The number of carbonyl (C=O) groups excluding carboxylic acids is 3. The molecule has 2 atom stereocenters. The predicted molar refractivity (Wildman–Crippen MR) is 174 cm³/mol. The van der Waals surface area contributed by atoms with Crippen LogP contribution in [0.2, 0.25) is 0 Å². The minimum Gasteiger partial charge on any atom is -0.489 e. The van der Waals surface area contributed by atoms with Crippen LogP contribution in [0, 0.1) is 0 Å². The lowest BCUT2D eigenvalue weighted by atomic mass is 10.0. The molecule has 0 bridgehead atoms. The van der Waals surface area contributed by atoms with Crippen molar-refractivity contribution in [1.29, 1.82) is 0 Å². The van der Waals surface area contributed by atoms with E-state index in [1.807, 2.05) is 115 Å². The van der Waals surface area contributed by atoms with Gasteiger partial charge in [0.1, 0.15) is 31.0 Å². The number of primary amides is 1. The number of likely N-dealkylation sites (N-methyl/N-ethyl adjacent to an activating group) is 1. The van der Waals surface area contributed by atoms with Gasteiger partial charge in [-0.3, -0.25) is 14.5 Å². The molecule has 0 heterocycles. The number of nitrogens with two attached hydrogens (primary N) is 1. The van der Waals surface area contributed by atoms with Crippen LogP contribution >= 0.6 is 0 Å². The summed E-state index contributed by atoms with van der Waals surface area (Å²) in [6.07, 6.45) is 0.904. The fourth-order valence-corrected chi connectivity index (χ4v) is 4.96. The molecule has 0 saturated heterocycles. The molecule has 0 unspecified atom stereocenters. The van der Waals surface area contributed by atoms with Crippen molar-refractivity contribution in [1.82, 2.24) is 9.80 Å². The molecule has 0 aromatic heterocycles. The molecule has 8 heteroatoms. The van der Waals surface area contributed by atoms with Crippen LogP contribution in [-0.4, -0.2) is 53.4 Å². The van der Waals surface area contributed by atoms with Crippen molar-refractivity contribution in [2.45, 2.75) is 51.5 Å². The Morgan fingerprint density at radius 1 is 0.711 bits per heavy atom. The van der Waals surface area contributed by atoms with E-state index in [0.29, 0.717) is 25.3 Å². The van der Waals surface area contributed by atoms with Gasteiger partial charge in [0.15, 0.2) is 0 Å². The second kappa shape index (κ2) is 16.7. The topological polar surface area (TPSA) is 102 Å². The normalized spacial score (nSPS) is 12.0. The summed E-state index contributed by atoms with van der Waals surface area (Å²) in [5.74, 6) is -0.306. The second-order valence-electron chi connectivity index (χ2n) is 11.0. The molecule has 0 aliphatic rings. The van der Waals surface area contributed by atoms with Gasteiger partial charge in [-0.15, -0.1) is 0 Å². The zero-order valence-corrected chi connectivity index (χ0v) is 25.9. The first kappa shape index (κ1) is 32.8. The highest BCUT2D eigenvalue weighted by Crippen LogP contribution is 2.20. The van der Waals surface area contributed by atoms with E-state index >= 15 is 0 Å². The average Bonchev–Trinajstić information content (AvgIpc) is 3.08. The molecule has 234 valence electrons. The van der Waals surface area contributed by atoms with Crippen LogP contribution in [0.25, 0.3) is 0 Å². The molecule has 4 aromatic carbocycles. The molecule has 4 aromatic rings. The number of benzene rings is 4. The van der Waals surface area contributed by atoms with Gasteiger partial charge in [0.2, 0.25) is 11.8 Å². The van der Waals surface area contributed by atoms with Gasteiger partial charge in [0, 0.05) is 20.0 Å². The van der Waals surface area contributed by atoms with Gasteiger partial charge in [-0.2, -0.15) is 0 Å². The highest BCUT2D eigenvalue weighted by atomic mass is 16.6. The molecule has 8 nitrogen and oxygen atoms in total. The van der Waals surface area contributed by atoms with Crippen molar-refractivity contribution in [3.63, 3.8) is 0 Å². The molecule has 45 heavy (non-hydrogen) atoms. The lowest BCUT2D eigenvalue weighted by Gasteiger charge is -2.34.